The molecule has 21 heavy (non-hydrogen) atoms. The standard InChI is InChI=1S/C17H20O3S/c1-2-3-4-5-8-11-21-17-15(19)13-10-7-6-9-12(13)14(18)16(17)20/h6-7,9-10,20H,2-5,8,11H2,1H3. The lowest BCUT2D eigenvalue weighted by Crippen LogP contribution is -2.20. The molecule has 1 aliphatic carbocycles. The van der Waals surface area contributed by atoms with E-state index in [0.29, 0.717) is 11.1 Å². The van der Waals surface area contributed by atoms with Crippen molar-refractivity contribution in [1.82, 2.24) is 0 Å². The SMILES string of the molecule is CCCCCCCSC1=C(O)C(=O)c2ccccc2C1=O. The number of carbonyl (C=O) groups excluding carboxylic acids is 2. The van der Waals surface area contributed by atoms with Gasteiger partial charge in [-0.25, -0.2) is 0 Å². The quantitative estimate of drug-likeness (QED) is 0.751. The maximum Gasteiger partial charge on any atom is 0.229 e. The molecule has 1 aromatic carbocycles. The zero-order valence-electron chi connectivity index (χ0n) is 12.2. The third-order valence-corrected chi connectivity index (χ3v) is 4.71. The fourth-order valence-electron chi connectivity index (χ4n) is 2.35. The van der Waals surface area contributed by atoms with E-state index >= 15 is 0 Å². The number of carbonyl (C=O) groups is 2. The van der Waals surface area contributed by atoms with Gasteiger partial charge in [-0.1, -0.05) is 56.9 Å². The van der Waals surface area contributed by atoms with Crippen molar-refractivity contribution in [2.45, 2.75) is 39.0 Å². The number of unbranched alkanes of at least 4 members (excludes halogenated alkanes) is 4. The molecule has 4 heteroatoms. The largest absolute Gasteiger partial charge is 0.503 e. The van der Waals surface area contributed by atoms with Crippen molar-refractivity contribution in [1.29, 1.82) is 0 Å². The number of aliphatic hydroxyl groups excluding tert-OH is 1. The number of ketones is 2. The van der Waals surface area contributed by atoms with Gasteiger partial charge in [-0.05, 0) is 12.2 Å². The summed E-state index contributed by atoms with van der Waals surface area (Å²) in [5.74, 6) is -0.318. The molecule has 3 nitrogen and oxygen atoms in total. The molecule has 0 bridgehead atoms. The molecular formula is C17H20O3S. The summed E-state index contributed by atoms with van der Waals surface area (Å²) in [6.07, 6.45) is 5.72. The predicted octanol–water partition coefficient (Wildman–Crippen LogP) is 4.54. The molecule has 0 fully saturated rings. The number of hydrogen-bond acceptors (Lipinski definition) is 4. The summed E-state index contributed by atoms with van der Waals surface area (Å²) < 4.78 is 0. The summed E-state index contributed by atoms with van der Waals surface area (Å²) in [4.78, 5) is 24.6. The molecule has 0 aliphatic heterocycles. The van der Waals surface area contributed by atoms with E-state index in [-0.39, 0.29) is 10.7 Å². The van der Waals surface area contributed by atoms with Gasteiger partial charge < -0.3 is 5.11 Å². The van der Waals surface area contributed by atoms with E-state index in [1.807, 2.05) is 0 Å². The van der Waals surface area contributed by atoms with Crippen LogP contribution in [0.1, 0.15) is 59.7 Å². The average Bonchev–Trinajstić information content (AvgIpc) is 2.51. The zero-order valence-corrected chi connectivity index (χ0v) is 13.0. The lowest BCUT2D eigenvalue weighted by Gasteiger charge is -2.16. The number of Topliss-reactive ketones (excluding diaryl/α,β-unsaturated/α-hetero) is 2. The molecule has 0 atom stereocenters. The minimum atomic E-state index is -0.446. The van der Waals surface area contributed by atoms with Crippen LogP contribution < -0.4 is 0 Å². The Kier molecular flexibility index (Phi) is 5.62. The van der Waals surface area contributed by atoms with Gasteiger partial charge in [0.15, 0.2) is 5.76 Å². The highest BCUT2D eigenvalue weighted by molar-refractivity contribution is 8.04. The highest BCUT2D eigenvalue weighted by Gasteiger charge is 2.31. The van der Waals surface area contributed by atoms with Gasteiger partial charge in [-0.3, -0.25) is 9.59 Å². The van der Waals surface area contributed by atoms with E-state index in [1.165, 1.54) is 31.0 Å². The van der Waals surface area contributed by atoms with Crippen LogP contribution in [-0.2, 0) is 0 Å². The fourth-order valence-corrected chi connectivity index (χ4v) is 3.38. The Morgan fingerprint density at radius 3 is 2.24 bits per heavy atom. The van der Waals surface area contributed by atoms with Crippen molar-refractivity contribution in [3.8, 4) is 0 Å². The molecule has 1 aliphatic rings. The van der Waals surface area contributed by atoms with Gasteiger partial charge in [0.25, 0.3) is 0 Å². The smallest absolute Gasteiger partial charge is 0.229 e. The van der Waals surface area contributed by atoms with Gasteiger partial charge >= 0.3 is 0 Å². The minimum Gasteiger partial charge on any atom is -0.503 e. The van der Waals surface area contributed by atoms with Crippen LogP contribution in [0.3, 0.4) is 0 Å². The Morgan fingerprint density at radius 2 is 1.57 bits per heavy atom. The summed E-state index contributed by atoms with van der Waals surface area (Å²) in [6.45, 7) is 2.17. The van der Waals surface area contributed by atoms with Gasteiger partial charge in [0, 0.05) is 11.1 Å². The first-order valence-electron chi connectivity index (χ1n) is 7.41. The lowest BCUT2D eigenvalue weighted by atomic mass is 9.93. The Hall–Kier alpha value is -1.55. The minimum absolute atomic E-state index is 0.203. The van der Waals surface area contributed by atoms with Crippen molar-refractivity contribution in [3.63, 3.8) is 0 Å². The number of rotatable bonds is 7. The molecule has 1 N–H and O–H groups in total. The highest BCUT2D eigenvalue weighted by Crippen LogP contribution is 2.32. The molecule has 0 unspecified atom stereocenters. The molecule has 0 saturated carbocycles. The van der Waals surface area contributed by atoms with E-state index in [0.717, 1.165) is 18.6 Å². The van der Waals surface area contributed by atoms with Crippen molar-refractivity contribution in [3.05, 3.63) is 46.1 Å². The molecule has 1 aromatic rings. The molecule has 112 valence electrons. The van der Waals surface area contributed by atoms with Crippen LogP contribution >= 0.6 is 11.8 Å². The molecule has 0 aromatic heterocycles. The maximum absolute atomic E-state index is 12.3. The molecule has 0 amide bonds. The van der Waals surface area contributed by atoms with E-state index in [2.05, 4.69) is 6.92 Å². The van der Waals surface area contributed by atoms with Crippen LogP contribution in [0.4, 0.5) is 0 Å². The lowest BCUT2D eigenvalue weighted by molar-refractivity contribution is 0.0936. The monoisotopic (exact) mass is 304 g/mol. The Labute approximate surface area is 129 Å². The molecule has 0 spiro atoms. The first-order chi connectivity index (χ1) is 10.2. The summed E-state index contributed by atoms with van der Waals surface area (Å²) in [6, 6.07) is 6.66. The number of fused-ring (bicyclic) bond motifs is 1. The van der Waals surface area contributed by atoms with Gasteiger partial charge in [-0.15, -0.1) is 11.8 Å². The van der Waals surface area contributed by atoms with E-state index in [9.17, 15) is 14.7 Å². The van der Waals surface area contributed by atoms with Gasteiger partial charge in [0.2, 0.25) is 11.6 Å². The second-order valence-corrected chi connectivity index (χ2v) is 6.25. The number of benzene rings is 1. The third kappa shape index (κ3) is 3.56. The van der Waals surface area contributed by atoms with Crippen LogP contribution in [0.25, 0.3) is 0 Å². The van der Waals surface area contributed by atoms with Gasteiger partial charge in [-0.2, -0.15) is 0 Å². The van der Waals surface area contributed by atoms with Crippen LogP contribution in [-0.4, -0.2) is 22.4 Å². The van der Waals surface area contributed by atoms with Crippen molar-refractivity contribution >= 4 is 23.3 Å². The van der Waals surface area contributed by atoms with Gasteiger partial charge in [0.1, 0.15) is 4.91 Å². The first-order valence-corrected chi connectivity index (χ1v) is 8.39. The van der Waals surface area contributed by atoms with E-state index < -0.39 is 11.5 Å². The summed E-state index contributed by atoms with van der Waals surface area (Å²) in [7, 11) is 0. The summed E-state index contributed by atoms with van der Waals surface area (Å²) in [5, 5.41) is 9.98. The average molecular weight is 304 g/mol. The van der Waals surface area contributed by atoms with E-state index in [1.54, 1.807) is 24.3 Å². The van der Waals surface area contributed by atoms with Crippen molar-refractivity contribution in [2.24, 2.45) is 0 Å². The predicted molar refractivity (Wildman–Crippen MR) is 86.0 cm³/mol. The Morgan fingerprint density at radius 1 is 0.952 bits per heavy atom. The second-order valence-electron chi connectivity index (χ2n) is 5.14. The maximum atomic E-state index is 12.3. The molecule has 0 saturated heterocycles. The Balaban J connectivity index is 2.01. The van der Waals surface area contributed by atoms with Gasteiger partial charge in [0.05, 0.1) is 0 Å². The van der Waals surface area contributed by atoms with Crippen LogP contribution in [0.15, 0.2) is 34.9 Å². The van der Waals surface area contributed by atoms with E-state index in [4.69, 9.17) is 0 Å². The molecular weight excluding hydrogens is 284 g/mol. The molecule has 0 heterocycles. The number of hydrogen-bond donors (Lipinski definition) is 1. The third-order valence-electron chi connectivity index (χ3n) is 3.55. The zero-order chi connectivity index (χ0) is 15.2. The van der Waals surface area contributed by atoms with Crippen molar-refractivity contribution < 1.29 is 14.7 Å². The number of thioether (sulfide) groups is 1. The Bertz CT molecular complexity index is 575. The van der Waals surface area contributed by atoms with Crippen LogP contribution in [0, 0.1) is 0 Å². The topological polar surface area (TPSA) is 54.4 Å². The highest BCUT2D eigenvalue weighted by atomic mass is 32.2. The molecule has 2 rings (SSSR count). The van der Waals surface area contributed by atoms with Crippen molar-refractivity contribution in [2.75, 3.05) is 5.75 Å². The normalized spacial score (nSPS) is 14.5. The fraction of sp³-hybridized carbons (Fsp3) is 0.412. The van der Waals surface area contributed by atoms with Crippen LogP contribution in [0.2, 0.25) is 0 Å². The number of aliphatic hydroxyl groups is 1. The summed E-state index contributed by atoms with van der Waals surface area (Å²) >= 11 is 1.30. The molecule has 0 radical (unpaired) electrons. The first kappa shape index (κ1) is 15.8. The second kappa shape index (κ2) is 7.46. The van der Waals surface area contributed by atoms with Crippen LogP contribution in [0.5, 0.6) is 0 Å². The number of allylic oxidation sites excluding steroid dienone is 2. The summed E-state index contributed by atoms with van der Waals surface area (Å²) in [5.41, 5.74) is 0.695.